The zero-order valence-electron chi connectivity index (χ0n) is 9.14. The number of aromatic nitrogens is 2. The number of imidazole rings is 1. The minimum atomic E-state index is 0.386. The Balaban J connectivity index is 2.36. The van der Waals surface area contributed by atoms with Crippen LogP contribution in [-0.4, -0.2) is 9.38 Å². The number of rotatable bonds is 1. The van der Waals surface area contributed by atoms with Crippen molar-refractivity contribution in [3.63, 3.8) is 0 Å². The molecule has 3 aromatic rings. The Morgan fingerprint density at radius 3 is 3.00 bits per heavy atom. The molecule has 86 valence electrons. The van der Waals surface area contributed by atoms with Crippen molar-refractivity contribution in [1.82, 2.24) is 9.38 Å². The van der Waals surface area contributed by atoms with Crippen LogP contribution in [0.15, 0.2) is 35.1 Å². The van der Waals surface area contributed by atoms with Crippen LogP contribution < -0.4 is 5.73 Å². The summed E-state index contributed by atoms with van der Waals surface area (Å²) in [7, 11) is 0. The van der Waals surface area contributed by atoms with Crippen LogP contribution in [0.2, 0.25) is 5.02 Å². The molecule has 0 radical (unpaired) electrons. The lowest BCUT2D eigenvalue weighted by atomic mass is 10.2. The van der Waals surface area contributed by atoms with Crippen molar-refractivity contribution in [1.29, 1.82) is 0 Å². The van der Waals surface area contributed by atoms with Gasteiger partial charge in [0.05, 0.1) is 16.4 Å². The number of pyridine rings is 1. The molecular weight excluding hydrogens is 238 g/mol. The van der Waals surface area contributed by atoms with E-state index in [4.69, 9.17) is 21.8 Å². The van der Waals surface area contributed by atoms with E-state index in [0.29, 0.717) is 10.9 Å². The number of hydrogen-bond donors (Lipinski definition) is 1. The maximum absolute atomic E-state index is 6.10. The lowest BCUT2D eigenvalue weighted by molar-refractivity contribution is 0.588. The molecule has 0 aliphatic carbocycles. The quantitative estimate of drug-likeness (QED) is 0.719. The highest BCUT2D eigenvalue weighted by atomic mass is 35.5. The highest BCUT2D eigenvalue weighted by Gasteiger charge is 2.14. The van der Waals surface area contributed by atoms with Gasteiger partial charge in [-0.25, -0.2) is 4.98 Å². The molecule has 3 heterocycles. The predicted molar refractivity (Wildman–Crippen MR) is 67.1 cm³/mol. The fourth-order valence-corrected chi connectivity index (χ4v) is 2.18. The third-order valence-corrected chi connectivity index (χ3v) is 2.96. The van der Waals surface area contributed by atoms with Crippen molar-refractivity contribution in [2.24, 2.45) is 0 Å². The van der Waals surface area contributed by atoms with Gasteiger partial charge in [0.2, 0.25) is 0 Å². The Bertz CT molecular complexity index is 699. The van der Waals surface area contributed by atoms with Gasteiger partial charge in [-0.3, -0.25) is 4.40 Å². The number of halogens is 1. The summed E-state index contributed by atoms with van der Waals surface area (Å²) < 4.78 is 7.06. The first-order chi connectivity index (χ1) is 8.16. The molecule has 0 aliphatic rings. The maximum Gasteiger partial charge on any atom is 0.190 e. The van der Waals surface area contributed by atoms with Crippen LogP contribution in [0.3, 0.4) is 0 Å². The second kappa shape index (κ2) is 3.53. The van der Waals surface area contributed by atoms with Gasteiger partial charge in [0.1, 0.15) is 6.26 Å². The van der Waals surface area contributed by atoms with Crippen molar-refractivity contribution in [2.75, 3.05) is 5.73 Å². The molecule has 2 N–H and O–H groups in total. The van der Waals surface area contributed by atoms with Crippen LogP contribution in [0.4, 0.5) is 5.88 Å². The molecule has 0 saturated heterocycles. The van der Waals surface area contributed by atoms with Gasteiger partial charge in [-0.15, -0.1) is 0 Å². The Morgan fingerprint density at radius 1 is 1.47 bits per heavy atom. The SMILES string of the molecule is Cc1nc2c(Cl)cccn2c1-c1coc(N)c1. The van der Waals surface area contributed by atoms with E-state index >= 15 is 0 Å². The molecular formula is C12H10ClN3O. The highest BCUT2D eigenvalue weighted by Crippen LogP contribution is 2.29. The van der Waals surface area contributed by atoms with Gasteiger partial charge in [-0.05, 0) is 19.1 Å². The number of nitrogens with zero attached hydrogens (tertiary/aromatic N) is 2. The fourth-order valence-electron chi connectivity index (χ4n) is 1.97. The number of anilines is 1. The second-order valence-corrected chi connectivity index (χ2v) is 4.24. The summed E-state index contributed by atoms with van der Waals surface area (Å²) >= 11 is 6.10. The number of nitrogens with two attached hydrogens (primary N) is 1. The molecule has 3 aromatic heterocycles. The molecule has 5 heteroatoms. The standard InChI is InChI=1S/C12H10ClN3O/c1-7-11(8-5-10(14)17-6-8)16-4-2-3-9(13)12(16)15-7/h2-6H,14H2,1H3. The Kier molecular flexibility index (Phi) is 2.12. The van der Waals surface area contributed by atoms with Gasteiger partial charge in [0.15, 0.2) is 11.5 Å². The third kappa shape index (κ3) is 1.49. The zero-order chi connectivity index (χ0) is 12.0. The number of nitrogen functional groups attached to an aromatic ring is 1. The second-order valence-electron chi connectivity index (χ2n) is 3.83. The first-order valence-electron chi connectivity index (χ1n) is 5.14. The lowest BCUT2D eigenvalue weighted by Crippen LogP contribution is -1.87. The summed E-state index contributed by atoms with van der Waals surface area (Å²) in [5.74, 6) is 0.386. The summed E-state index contributed by atoms with van der Waals surface area (Å²) in [5, 5.41) is 0.623. The average molecular weight is 248 g/mol. The van der Waals surface area contributed by atoms with Gasteiger partial charge in [-0.1, -0.05) is 11.6 Å². The van der Waals surface area contributed by atoms with Crippen LogP contribution in [0, 0.1) is 6.92 Å². The molecule has 4 nitrogen and oxygen atoms in total. The Morgan fingerprint density at radius 2 is 2.29 bits per heavy atom. The monoisotopic (exact) mass is 247 g/mol. The normalized spacial score (nSPS) is 11.2. The van der Waals surface area contributed by atoms with Gasteiger partial charge >= 0.3 is 0 Å². The largest absolute Gasteiger partial charge is 0.449 e. The first-order valence-corrected chi connectivity index (χ1v) is 5.52. The van der Waals surface area contributed by atoms with Crippen molar-refractivity contribution in [2.45, 2.75) is 6.92 Å². The van der Waals surface area contributed by atoms with Gasteiger partial charge in [-0.2, -0.15) is 0 Å². The van der Waals surface area contributed by atoms with Gasteiger partial charge in [0.25, 0.3) is 0 Å². The number of fused-ring (bicyclic) bond motifs is 1. The van der Waals surface area contributed by atoms with Crippen LogP contribution in [0.5, 0.6) is 0 Å². The number of furan rings is 1. The third-order valence-electron chi connectivity index (χ3n) is 2.67. The van der Waals surface area contributed by atoms with Crippen LogP contribution in [0.1, 0.15) is 5.69 Å². The molecule has 17 heavy (non-hydrogen) atoms. The molecule has 0 amide bonds. The molecule has 0 aliphatic heterocycles. The highest BCUT2D eigenvalue weighted by molar-refractivity contribution is 6.33. The molecule has 0 unspecified atom stereocenters. The topological polar surface area (TPSA) is 56.5 Å². The van der Waals surface area contributed by atoms with Crippen molar-refractivity contribution < 1.29 is 4.42 Å². The van der Waals surface area contributed by atoms with Crippen molar-refractivity contribution in [3.8, 4) is 11.3 Å². The van der Waals surface area contributed by atoms with E-state index < -0.39 is 0 Å². The van der Waals surface area contributed by atoms with Gasteiger partial charge in [0, 0.05) is 17.8 Å². The minimum absolute atomic E-state index is 0.386. The first kappa shape index (κ1) is 10.2. The Labute approximate surface area is 103 Å². The average Bonchev–Trinajstić information content (AvgIpc) is 2.82. The smallest absolute Gasteiger partial charge is 0.190 e. The van der Waals surface area contributed by atoms with E-state index in [2.05, 4.69) is 4.98 Å². The van der Waals surface area contributed by atoms with Crippen molar-refractivity contribution >= 4 is 23.1 Å². The molecule has 0 saturated carbocycles. The predicted octanol–water partition coefficient (Wildman–Crippen LogP) is 3.14. The van der Waals surface area contributed by atoms with E-state index in [9.17, 15) is 0 Å². The molecule has 0 aromatic carbocycles. The summed E-state index contributed by atoms with van der Waals surface area (Å²) in [6, 6.07) is 5.47. The van der Waals surface area contributed by atoms with E-state index in [1.807, 2.05) is 29.7 Å². The summed E-state index contributed by atoms with van der Waals surface area (Å²) in [6.07, 6.45) is 3.53. The van der Waals surface area contributed by atoms with Gasteiger partial charge < -0.3 is 10.2 Å². The molecule has 0 bridgehead atoms. The summed E-state index contributed by atoms with van der Waals surface area (Å²) in [4.78, 5) is 4.45. The van der Waals surface area contributed by atoms with E-state index in [1.54, 1.807) is 12.3 Å². The number of hydrogen-bond acceptors (Lipinski definition) is 3. The number of aryl methyl sites for hydroxylation is 1. The Hall–Kier alpha value is -1.94. The fraction of sp³-hybridized carbons (Fsp3) is 0.0833. The van der Waals surface area contributed by atoms with Crippen molar-refractivity contribution in [3.05, 3.63) is 41.4 Å². The van der Waals surface area contributed by atoms with Crippen LogP contribution >= 0.6 is 11.6 Å². The van der Waals surface area contributed by atoms with E-state index in [-0.39, 0.29) is 0 Å². The molecule has 0 fully saturated rings. The minimum Gasteiger partial charge on any atom is -0.449 e. The maximum atomic E-state index is 6.10. The lowest BCUT2D eigenvalue weighted by Gasteiger charge is -1.99. The summed E-state index contributed by atoms with van der Waals surface area (Å²) in [6.45, 7) is 1.93. The van der Waals surface area contributed by atoms with E-state index in [1.165, 1.54) is 0 Å². The molecule has 3 rings (SSSR count). The van der Waals surface area contributed by atoms with E-state index in [0.717, 1.165) is 22.6 Å². The van der Waals surface area contributed by atoms with Crippen LogP contribution in [0.25, 0.3) is 16.9 Å². The molecule has 0 atom stereocenters. The molecule has 0 spiro atoms. The zero-order valence-corrected chi connectivity index (χ0v) is 9.90. The van der Waals surface area contributed by atoms with Crippen LogP contribution in [-0.2, 0) is 0 Å². The summed E-state index contributed by atoms with van der Waals surface area (Å²) in [5.41, 5.74) is 9.06.